The summed E-state index contributed by atoms with van der Waals surface area (Å²) in [6, 6.07) is 7.63. The molecule has 0 saturated heterocycles. The number of carbonyl (C=O) groups is 1. The van der Waals surface area contributed by atoms with E-state index in [1.165, 1.54) is 6.20 Å². The van der Waals surface area contributed by atoms with Crippen molar-refractivity contribution in [1.29, 1.82) is 0 Å². The molecule has 0 unspecified atom stereocenters. The molecule has 28 heavy (non-hydrogen) atoms. The van der Waals surface area contributed by atoms with E-state index in [0.29, 0.717) is 28.0 Å². The first-order valence-corrected chi connectivity index (χ1v) is 8.25. The second kappa shape index (κ2) is 7.51. The standard InChI is InChI=1S/C18H13ClF4N4O/c1-27-16(14(19)9-24-27)10-3-2-4-12(7-10)25-17(28)26-15-6-5-11(20)8-13(15)18(21,22)23/h2-9H,1H3,(H2,25,26,28). The number of rotatable bonds is 3. The van der Waals surface area contributed by atoms with Gasteiger partial charge in [0.15, 0.2) is 0 Å². The molecular weight excluding hydrogens is 400 g/mol. The average molecular weight is 413 g/mol. The Hall–Kier alpha value is -3.07. The van der Waals surface area contributed by atoms with Crippen LogP contribution in [0.5, 0.6) is 0 Å². The zero-order valence-electron chi connectivity index (χ0n) is 14.3. The minimum Gasteiger partial charge on any atom is -0.308 e. The lowest BCUT2D eigenvalue weighted by molar-refractivity contribution is -0.137. The number of carbonyl (C=O) groups excluding carboxylic acids is 1. The molecule has 0 aliphatic heterocycles. The predicted octanol–water partition coefficient (Wildman–Crippen LogP) is 5.54. The largest absolute Gasteiger partial charge is 0.418 e. The number of aromatic nitrogens is 2. The van der Waals surface area contributed by atoms with Crippen LogP contribution in [0.25, 0.3) is 11.3 Å². The third-order valence-electron chi connectivity index (χ3n) is 3.82. The quantitative estimate of drug-likeness (QED) is 0.555. The van der Waals surface area contributed by atoms with Crippen LogP contribution in [0.2, 0.25) is 5.02 Å². The highest BCUT2D eigenvalue weighted by Crippen LogP contribution is 2.35. The number of alkyl halides is 3. The zero-order chi connectivity index (χ0) is 20.5. The lowest BCUT2D eigenvalue weighted by Gasteiger charge is -2.14. The summed E-state index contributed by atoms with van der Waals surface area (Å²) in [7, 11) is 1.70. The Kier molecular flexibility index (Phi) is 5.28. The summed E-state index contributed by atoms with van der Waals surface area (Å²) in [6.45, 7) is 0. The maximum absolute atomic E-state index is 13.2. The van der Waals surface area contributed by atoms with Gasteiger partial charge in [-0.3, -0.25) is 4.68 Å². The van der Waals surface area contributed by atoms with Crippen LogP contribution in [0.4, 0.5) is 33.7 Å². The van der Waals surface area contributed by atoms with Crippen molar-refractivity contribution >= 4 is 29.0 Å². The van der Waals surface area contributed by atoms with Crippen LogP contribution in [0.1, 0.15) is 5.56 Å². The van der Waals surface area contributed by atoms with Crippen LogP contribution >= 0.6 is 11.6 Å². The second-order valence-corrected chi connectivity index (χ2v) is 6.22. The SMILES string of the molecule is Cn1ncc(Cl)c1-c1cccc(NC(=O)Nc2ccc(F)cc2C(F)(F)F)c1. The third kappa shape index (κ3) is 4.25. The van der Waals surface area contributed by atoms with Crippen LogP contribution in [0.15, 0.2) is 48.7 Å². The van der Waals surface area contributed by atoms with Crippen LogP contribution < -0.4 is 10.6 Å². The topological polar surface area (TPSA) is 59.0 Å². The van der Waals surface area contributed by atoms with Crippen molar-refractivity contribution in [1.82, 2.24) is 9.78 Å². The molecule has 146 valence electrons. The molecule has 2 amide bonds. The number of urea groups is 1. The van der Waals surface area contributed by atoms with Crippen LogP contribution in [-0.4, -0.2) is 15.8 Å². The molecule has 2 N–H and O–H groups in total. The van der Waals surface area contributed by atoms with E-state index in [-0.39, 0.29) is 0 Å². The van der Waals surface area contributed by atoms with Crippen LogP contribution in [0.3, 0.4) is 0 Å². The molecule has 3 aromatic rings. The molecule has 0 spiro atoms. The van der Waals surface area contributed by atoms with Crippen LogP contribution in [-0.2, 0) is 13.2 Å². The third-order valence-corrected chi connectivity index (χ3v) is 4.10. The van der Waals surface area contributed by atoms with Gasteiger partial charge in [-0.1, -0.05) is 23.7 Å². The number of benzene rings is 2. The Labute approximate surface area is 161 Å². The van der Waals surface area contributed by atoms with Gasteiger partial charge < -0.3 is 10.6 Å². The smallest absolute Gasteiger partial charge is 0.308 e. The van der Waals surface area contributed by atoms with Gasteiger partial charge in [0.05, 0.1) is 28.2 Å². The Morgan fingerprint density at radius 2 is 1.89 bits per heavy atom. The first-order chi connectivity index (χ1) is 13.1. The van der Waals surface area contributed by atoms with E-state index >= 15 is 0 Å². The van der Waals surface area contributed by atoms with Crippen molar-refractivity contribution in [2.45, 2.75) is 6.18 Å². The molecule has 0 fully saturated rings. The highest BCUT2D eigenvalue weighted by Gasteiger charge is 2.34. The highest BCUT2D eigenvalue weighted by molar-refractivity contribution is 6.33. The fourth-order valence-corrected chi connectivity index (χ4v) is 2.90. The zero-order valence-corrected chi connectivity index (χ0v) is 15.1. The average Bonchev–Trinajstić information content (AvgIpc) is 2.94. The molecule has 3 rings (SSSR count). The normalized spacial score (nSPS) is 11.4. The van der Waals surface area contributed by atoms with Crippen molar-refractivity contribution in [2.75, 3.05) is 10.6 Å². The number of anilines is 2. The van der Waals surface area contributed by atoms with Crippen molar-refractivity contribution < 1.29 is 22.4 Å². The number of aryl methyl sites for hydroxylation is 1. The predicted molar refractivity (Wildman–Crippen MR) is 97.7 cm³/mol. The number of nitrogens with one attached hydrogen (secondary N) is 2. The molecule has 0 atom stereocenters. The highest BCUT2D eigenvalue weighted by atomic mass is 35.5. The molecule has 1 aromatic heterocycles. The van der Waals surface area contributed by atoms with E-state index in [2.05, 4.69) is 15.7 Å². The molecule has 1 heterocycles. The fraction of sp³-hybridized carbons (Fsp3) is 0.111. The monoisotopic (exact) mass is 412 g/mol. The lowest BCUT2D eigenvalue weighted by Crippen LogP contribution is -2.22. The second-order valence-electron chi connectivity index (χ2n) is 5.81. The van der Waals surface area contributed by atoms with E-state index in [0.717, 1.165) is 12.1 Å². The molecular formula is C18H13ClF4N4O. The van der Waals surface area contributed by atoms with Gasteiger partial charge >= 0.3 is 12.2 Å². The summed E-state index contributed by atoms with van der Waals surface area (Å²) in [5, 5.41) is 8.96. The van der Waals surface area contributed by atoms with Gasteiger partial charge in [0.25, 0.3) is 0 Å². The Morgan fingerprint density at radius 3 is 2.54 bits per heavy atom. The summed E-state index contributed by atoms with van der Waals surface area (Å²) >= 11 is 6.10. The Balaban J connectivity index is 1.81. The van der Waals surface area contributed by atoms with E-state index < -0.39 is 29.3 Å². The first-order valence-electron chi connectivity index (χ1n) is 7.88. The first kappa shape index (κ1) is 19.7. The maximum Gasteiger partial charge on any atom is 0.418 e. The Bertz CT molecular complexity index is 1010. The van der Waals surface area contributed by atoms with E-state index in [4.69, 9.17) is 11.6 Å². The van der Waals surface area contributed by atoms with Gasteiger partial charge in [-0.2, -0.15) is 18.3 Å². The number of nitrogens with zero attached hydrogens (tertiary/aromatic N) is 2. The molecule has 0 bridgehead atoms. The molecule has 10 heteroatoms. The van der Waals surface area contributed by atoms with Crippen molar-refractivity contribution in [3.8, 4) is 11.3 Å². The molecule has 0 aliphatic rings. The van der Waals surface area contributed by atoms with Crippen LogP contribution in [0, 0.1) is 5.82 Å². The summed E-state index contributed by atoms with van der Waals surface area (Å²) in [5.74, 6) is -1.06. The number of amides is 2. The van der Waals surface area contributed by atoms with Crippen molar-refractivity contribution in [3.63, 3.8) is 0 Å². The molecule has 0 saturated carbocycles. The summed E-state index contributed by atoms with van der Waals surface area (Å²) < 4.78 is 53.8. The summed E-state index contributed by atoms with van der Waals surface area (Å²) in [5.41, 5.74) is -0.248. The minimum atomic E-state index is -4.82. The van der Waals surface area contributed by atoms with Gasteiger partial charge in [0.1, 0.15) is 5.82 Å². The molecule has 0 radical (unpaired) electrons. The van der Waals surface area contributed by atoms with Crippen molar-refractivity contribution in [3.05, 3.63) is 65.1 Å². The van der Waals surface area contributed by atoms with Gasteiger partial charge in [-0.25, -0.2) is 9.18 Å². The summed E-state index contributed by atoms with van der Waals surface area (Å²) in [4.78, 5) is 12.2. The van der Waals surface area contributed by atoms with Gasteiger partial charge in [-0.05, 0) is 30.3 Å². The fourth-order valence-electron chi connectivity index (χ4n) is 2.62. The van der Waals surface area contributed by atoms with E-state index in [1.54, 1.807) is 36.0 Å². The number of hydrogen-bond acceptors (Lipinski definition) is 2. The number of hydrogen-bond donors (Lipinski definition) is 2. The molecule has 5 nitrogen and oxygen atoms in total. The van der Waals surface area contributed by atoms with Crippen molar-refractivity contribution in [2.24, 2.45) is 7.05 Å². The van der Waals surface area contributed by atoms with Gasteiger partial charge in [0, 0.05) is 18.3 Å². The van der Waals surface area contributed by atoms with Gasteiger partial charge in [0.2, 0.25) is 0 Å². The molecule has 2 aromatic carbocycles. The summed E-state index contributed by atoms with van der Waals surface area (Å²) in [6.07, 6.45) is -3.35. The minimum absolute atomic E-state index is 0.320. The maximum atomic E-state index is 13.2. The number of halogens is 5. The van der Waals surface area contributed by atoms with E-state index in [9.17, 15) is 22.4 Å². The lowest BCUT2D eigenvalue weighted by atomic mass is 10.1. The molecule has 0 aliphatic carbocycles. The van der Waals surface area contributed by atoms with E-state index in [1.807, 2.05) is 0 Å². The van der Waals surface area contributed by atoms with Gasteiger partial charge in [-0.15, -0.1) is 0 Å². The Morgan fingerprint density at radius 1 is 1.14 bits per heavy atom.